The molecule has 0 saturated heterocycles. The van der Waals surface area contributed by atoms with Gasteiger partial charge in [-0.15, -0.1) is 0 Å². The van der Waals surface area contributed by atoms with Gasteiger partial charge in [-0.1, -0.05) is 26.2 Å². The van der Waals surface area contributed by atoms with Crippen LogP contribution in [0.5, 0.6) is 5.75 Å². The van der Waals surface area contributed by atoms with Gasteiger partial charge in [-0.3, -0.25) is 4.79 Å². The number of rotatable bonds is 12. The molecule has 1 unspecified atom stereocenters. The van der Waals surface area contributed by atoms with E-state index >= 15 is 0 Å². The first-order chi connectivity index (χ1) is 11.6. The molecule has 0 amide bonds. The second-order valence-corrected chi connectivity index (χ2v) is 5.43. The van der Waals surface area contributed by atoms with Gasteiger partial charge in [0.1, 0.15) is 12.4 Å². The Labute approximate surface area is 144 Å². The van der Waals surface area contributed by atoms with E-state index in [0.717, 1.165) is 25.0 Å². The van der Waals surface area contributed by atoms with Crippen LogP contribution in [0, 0.1) is 0 Å². The zero-order valence-electron chi connectivity index (χ0n) is 14.9. The molecule has 24 heavy (non-hydrogen) atoms. The molecule has 1 aromatic carbocycles. The van der Waals surface area contributed by atoms with Crippen molar-refractivity contribution in [1.29, 1.82) is 0 Å². The Bertz CT molecular complexity index is 495. The van der Waals surface area contributed by atoms with Crippen LogP contribution < -0.4 is 4.74 Å². The van der Waals surface area contributed by atoms with Crippen LogP contribution in [-0.2, 0) is 14.3 Å². The average Bonchev–Trinajstić information content (AvgIpc) is 2.58. The number of benzene rings is 1. The number of ketones is 1. The van der Waals surface area contributed by atoms with Gasteiger partial charge in [-0.05, 0) is 44.5 Å². The van der Waals surface area contributed by atoms with Crippen molar-refractivity contribution < 1.29 is 23.8 Å². The molecule has 0 aliphatic carbocycles. The number of Topliss-reactive ketones (excluding diaryl/α,β-unsaturated/α-hetero) is 1. The molecule has 1 aromatic rings. The topological polar surface area (TPSA) is 61.8 Å². The Hall–Kier alpha value is -1.88. The van der Waals surface area contributed by atoms with Crippen molar-refractivity contribution in [3.05, 3.63) is 29.8 Å². The van der Waals surface area contributed by atoms with Crippen LogP contribution >= 0.6 is 0 Å². The fourth-order valence-corrected chi connectivity index (χ4v) is 2.25. The lowest BCUT2D eigenvalue weighted by atomic mass is 10.1. The van der Waals surface area contributed by atoms with Crippen molar-refractivity contribution in [2.45, 2.75) is 52.6 Å². The maximum absolute atomic E-state index is 12.2. The number of ether oxygens (including phenoxy) is 3. The van der Waals surface area contributed by atoms with E-state index in [1.54, 1.807) is 31.2 Å². The first-order valence-electron chi connectivity index (χ1n) is 8.66. The van der Waals surface area contributed by atoms with Crippen molar-refractivity contribution in [2.75, 3.05) is 19.8 Å². The summed E-state index contributed by atoms with van der Waals surface area (Å²) in [6.45, 7) is 6.50. The maximum atomic E-state index is 12.2. The minimum Gasteiger partial charge on any atom is -0.494 e. The van der Waals surface area contributed by atoms with Gasteiger partial charge in [0.25, 0.3) is 0 Å². The monoisotopic (exact) mass is 336 g/mol. The molecule has 0 aliphatic rings. The molecule has 0 saturated carbocycles. The Morgan fingerprint density at radius 3 is 2.29 bits per heavy atom. The van der Waals surface area contributed by atoms with Crippen molar-refractivity contribution in [3.8, 4) is 5.75 Å². The highest BCUT2D eigenvalue weighted by molar-refractivity contribution is 5.97. The number of carbonyl (C=O) groups is 2. The van der Waals surface area contributed by atoms with Crippen LogP contribution in [0.2, 0.25) is 0 Å². The van der Waals surface area contributed by atoms with Gasteiger partial charge >= 0.3 is 5.97 Å². The minimum absolute atomic E-state index is 0.135. The molecule has 1 atom stereocenters. The van der Waals surface area contributed by atoms with E-state index in [4.69, 9.17) is 14.2 Å². The first-order valence-corrected chi connectivity index (χ1v) is 8.66. The molecule has 0 N–H and O–H groups in total. The molecule has 0 aliphatic heterocycles. The molecular weight excluding hydrogens is 308 g/mol. The molecule has 1 rings (SSSR count). The number of hydrogen-bond acceptors (Lipinski definition) is 5. The van der Waals surface area contributed by atoms with Crippen LogP contribution in [-0.4, -0.2) is 37.7 Å². The summed E-state index contributed by atoms with van der Waals surface area (Å²) in [7, 11) is 0. The third-order valence-electron chi connectivity index (χ3n) is 3.52. The van der Waals surface area contributed by atoms with Gasteiger partial charge in [0.2, 0.25) is 0 Å². The molecule has 0 heterocycles. The highest BCUT2D eigenvalue weighted by Gasteiger charge is 2.21. The highest BCUT2D eigenvalue weighted by atomic mass is 16.6. The number of unbranched alkanes of at least 4 members (excludes halogenated alkanes) is 2. The van der Waals surface area contributed by atoms with Crippen molar-refractivity contribution in [1.82, 2.24) is 0 Å². The summed E-state index contributed by atoms with van der Waals surface area (Å²) in [5.41, 5.74) is 0.537. The summed E-state index contributed by atoms with van der Waals surface area (Å²) in [5.74, 6) is 0.162. The van der Waals surface area contributed by atoms with Crippen molar-refractivity contribution in [3.63, 3.8) is 0 Å². The molecular formula is C19H28O5. The fourth-order valence-electron chi connectivity index (χ4n) is 2.25. The third kappa shape index (κ3) is 7.13. The maximum Gasteiger partial charge on any atom is 0.335 e. The van der Waals surface area contributed by atoms with Gasteiger partial charge in [-0.25, -0.2) is 4.79 Å². The van der Waals surface area contributed by atoms with Crippen LogP contribution in [0.15, 0.2) is 24.3 Å². The zero-order valence-corrected chi connectivity index (χ0v) is 14.9. The van der Waals surface area contributed by atoms with Gasteiger partial charge in [-0.2, -0.15) is 0 Å². The Balaban J connectivity index is 2.56. The van der Waals surface area contributed by atoms with E-state index in [0.29, 0.717) is 25.2 Å². The molecule has 0 bridgehead atoms. The number of hydrogen-bond donors (Lipinski definition) is 0. The highest BCUT2D eigenvalue weighted by Crippen LogP contribution is 2.14. The number of esters is 1. The predicted octanol–water partition coefficient (Wildman–Crippen LogP) is 3.80. The van der Waals surface area contributed by atoms with Gasteiger partial charge in [0, 0.05) is 5.56 Å². The smallest absolute Gasteiger partial charge is 0.335 e. The average molecular weight is 336 g/mol. The first kappa shape index (κ1) is 20.2. The second kappa shape index (κ2) is 11.6. The molecule has 134 valence electrons. The molecule has 5 heteroatoms. The van der Waals surface area contributed by atoms with E-state index in [-0.39, 0.29) is 12.4 Å². The molecule has 0 spiro atoms. The minimum atomic E-state index is -0.678. The van der Waals surface area contributed by atoms with E-state index in [9.17, 15) is 9.59 Å². The molecule has 0 fully saturated rings. The normalized spacial score (nSPS) is 11.8. The van der Waals surface area contributed by atoms with Gasteiger partial charge in [0.05, 0.1) is 13.2 Å². The fraction of sp³-hybridized carbons (Fsp3) is 0.579. The van der Waals surface area contributed by atoms with E-state index in [1.165, 1.54) is 0 Å². The Morgan fingerprint density at radius 1 is 1.00 bits per heavy atom. The van der Waals surface area contributed by atoms with Crippen molar-refractivity contribution >= 4 is 11.8 Å². The summed E-state index contributed by atoms with van der Waals surface area (Å²) >= 11 is 0. The third-order valence-corrected chi connectivity index (χ3v) is 3.52. The predicted molar refractivity (Wildman–Crippen MR) is 92.5 cm³/mol. The number of carbonyl (C=O) groups excluding carboxylic acids is 2. The summed E-state index contributed by atoms with van der Waals surface area (Å²) in [4.78, 5) is 24.1. The zero-order chi connectivity index (χ0) is 17.8. The van der Waals surface area contributed by atoms with E-state index < -0.39 is 12.1 Å². The van der Waals surface area contributed by atoms with Crippen LogP contribution in [0.25, 0.3) is 0 Å². The van der Waals surface area contributed by atoms with Crippen LogP contribution in [0.1, 0.15) is 56.8 Å². The summed E-state index contributed by atoms with van der Waals surface area (Å²) in [6.07, 6.45) is 2.84. The Kier molecular flexibility index (Phi) is 9.77. The quantitative estimate of drug-likeness (QED) is 0.330. The standard InChI is InChI=1S/C19H28O5/c1-4-7-8-9-18(19(21)23-6-3)24-14-17(20)15-10-12-16(13-11-15)22-5-2/h10-13,18H,4-9,14H2,1-3H3. The summed E-state index contributed by atoms with van der Waals surface area (Å²) in [6, 6.07) is 6.90. The molecule has 0 radical (unpaired) electrons. The lowest BCUT2D eigenvalue weighted by Crippen LogP contribution is -2.29. The summed E-state index contributed by atoms with van der Waals surface area (Å²) in [5, 5.41) is 0. The van der Waals surface area contributed by atoms with Crippen LogP contribution in [0.4, 0.5) is 0 Å². The largest absolute Gasteiger partial charge is 0.494 e. The molecule has 0 aromatic heterocycles. The second-order valence-electron chi connectivity index (χ2n) is 5.43. The molecule has 5 nitrogen and oxygen atoms in total. The van der Waals surface area contributed by atoms with Crippen molar-refractivity contribution in [2.24, 2.45) is 0 Å². The lowest BCUT2D eigenvalue weighted by Gasteiger charge is -2.16. The Morgan fingerprint density at radius 2 is 1.71 bits per heavy atom. The van der Waals surface area contributed by atoms with Gasteiger partial charge < -0.3 is 14.2 Å². The SMILES string of the molecule is CCCCCC(OCC(=O)c1ccc(OCC)cc1)C(=O)OCC. The summed E-state index contributed by atoms with van der Waals surface area (Å²) < 4.78 is 15.9. The van der Waals surface area contributed by atoms with Gasteiger partial charge in [0.15, 0.2) is 11.9 Å². The van der Waals surface area contributed by atoms with E-state index in [2.05, 4.69) is 6.92 Å². The van der Waals surface area contributed by atoms with Crippen LogP contribution in [0.3, 0.4) is 0 Å². The lowest BCUT2D eigenvalue weighted by molar-refractivity contribution is -0.156. The van der Waals surface area contributed by atoms with E-state index in [1.807, 2.05) is 6.92 Å².